The van der Waals surface area contributed by atoms with E-state index < -0.39 is 0 Å². The van der Waals surface area contributed by atoms with Gasteiger partial charge in [0, 0.05) is 24.3 Å². The summed E-state index contributed by atoms with van der Waals surface area (Å²) in [6.45, 7) is 10.2. The Kier molecular flexibility index (Phi) is 8.95. The van der Waals surface area contributed by atoms with Crippen molar-refractivity contribution in [1.29, 1.82) is 0 Å². The van der Waals surface area contributed by atoms with Gasteiger partial charge in [-0.05, 0) is 66.6 Å². The van der Waals surface area contributed by atoms with Gasteiger partial charge in [0.15, 0.2) is 11.5 Å². The van der Waals surface area contributed by atoms with Crippen molar-refractivity contribution in [3.8, 4) is 11.5 Å². The second-order valence-electron chi connectivity index (χ2n) is 9.30. The number of amidine groups is 1. The topological polar surface area (TPSA) is 75.5 Å². The van der Waals surface area contributed by atoms with Gasteiger partial charge in [0.05, 0.1) is 25.2 Å². The second-order valence-corrected chi connectivity index (χ2v) is 10.5. The predicted molar refractivity (Wildman–Crippen MR) is 152 cm³/mol. The Morgan fingerprint density at radius 1 is 1.17 bits per heavy atom. The molecule has 4 rings (SSSR count). The Hall–Kier alpha value is -2.71. The highest BCUT2D eigenvalue weighted by atomic mass is 35.5. The maximum atomic E-state index is 11.9. The minimum atomic E-state index is -0.0968. The van der Waals surface area contributed by atoms with Crippen LogP contribution in [0.3, 0.4) is 0 Å². The Labute approximate surface area is 224 Å². The van der Waals surface area contributed by atoms with Crippen molar-refractivity contribution in [3.05, 3.63) is 53.1 Å². The molecule has 0 aliphatic carbocycles. The van der Waals surface area contributed by atoms with Crippen LogP contribution in [0.15, 0.2) is 46.5 Å². The largest absolute Gasteiger partial charge is 0.493 e. The molecule has 0 saturated heterocycles. The molecule has 0 radical (unpaired) electrons. The van der Waals surface area contributed by atoms with E-state index in [4.69, 9.17) is 14.5 Å². The van der Waals surface area contributed by atoms with E-state index in [-0.39, 0.29) is 28.3 Å². The molecule has 0 aromatic heterocycles. The van der Waals surface area contributed by atoms with Gasteiger partial charge in [0.25, 0.3) is 5.24 Å². The molecule has 2 aromatic rings. The van der Waals surface area contributed by atoms with Crippen LogP contribution in [0.1, 0.15) is 57.2 Å². The zero-order valence-electron chi connectivity index (χ0n) is 21.8. The lowest BCUT2D eigenvalue weighted by Crippen LogP contribution is -2.42. The molecule has 0 fully saturated rings. The normalized spacial score (nSPS) is 19.0. The smallest absolute Gasteiger partial charge is 0.299 e. The molecule has 2 aromatic carbocycles. The highest BCUT2D eigenvalue weighted by molar-refractivity contribution is 8.14. The van der Waals surface area contributed by atoms with E-state index in [1.807, 2.05) is 18.2 Å². The first kappa shape index (κ1) is 27.9. The van der Waals surface area contributed by atoms with Crippen molar-refractivity contribution in [2.24, 2.45) is 10.1 Å². The van der Waals surface area contributed by atoms with E-state index >= 15 is 0 Å². The zero-order chi connectivity index (χ0) is 25.2. The standard InChI is InChI=1S/C27H34N4O3S.ClH/c1-7-23-24(29-30-26(32)35-23)17-9-11-20-19(15-17)27(3,4)13-14-31(20)25(28-8-2)18-10-12-21(33-5)22(16-18)34-6;/h9-12,15-16,23H,7-8,13-14H2,1-6H3,(H,30,32);1H. The number of thioether (sulfide) groups is 1. The Morgan fingerprint density at radius 2 is 1.92 bits per heavy atom. The third-order valence-corrected chi connectivity index (χ3v) is 7.82. The highest BCUT2D eigenvalue weighted by Gasteiger charge is 2.35. The van der Waals surface area contributed by atoms with Crippen molar-refractivity contribution in [3.63, 3.8) is 0 Å². The Morgan fingerprint density at radius 3 is 2.58 bits per heavy atom. The summed E-state index contributed by atoms with van der Waals surface area (Å²) in [5.74, 6) is 2.30. The molecule has 194 valence electrons. The summed E-state index contributed by atoms with van der Waals surface area (Å²) in [6, 6.07) is 12.5. The van der Waals surface area contributed by atoms with Gasteiger partial charge in [-0.15, -0.1) is 12.4 Å². The molecule has 2 aliphatic rings. The zero-order valence-corrected chi connectivity index (χ0v) is 23.4. The van der Waals surface area contributed by atoms with E-state index in [2.05, 4.69) is 61.3 Å². The number of hydrazone groups is 1. The summed E-state index contributed by atoms with van der Waals surface area (Å²) < 4.78 is 11.0. The number of anilines is 1. The molecule has 7 nitrogen and oxygen atoms in total. The van der Waals surface area contributed by atoms with Crippen LogP contribution in [0.5, 0.6) is 11.5 Å². The van der Waals surface area contributed by atoms with Gasteiger partial charge in [0.1, 0.15) is 5.84 Å². The van der Waals surface area contributed by atoms with Crippen molar-refractivity contribution >= 4 is 46.6 Å². The number of fused-ring (bicyclic) bond motifs is 1. The third kappa shape index (κ3) is 5.34. The average molecular weight is 531 g/mol. The van der Waals surface area contributed by atoms with Gasteiger partial charge in [0.2, 0.25) is 0 Å². The first-order valence-corrected chi connectivity index (χ1v) is 12.9. The summed E-state index contributed by atoms with van der Waals surface area (Å²) in [5.41, 5.74) is 8.00. The number of carbonyl (C=O) groups is 1. The molecule has 9 heteroatoms. The van der Waals surface area contributed by atoms with Gasteiger partial charge in [-0.25, -0.2) is 5.43 Å². The van der Waals surface area contributed by atoms with Crippen LogP contribution in [0, 0.1) is 0 Å². The Bertz CT molecular complexity index is 1180. The number of nitrogens with one attached hydrogen (secondary N) is 1. The van der Waals surface area contributed by atoms with Crippen molar-refractivity contribution in [2.75, 3.05) is 32.2 Å². The lowest BCUT2D eigenvalue weighted by molar-refractivity contribution is 0.260. The van der Waals surface area contributed by atoms with Crippen LogP contribution >= 0.6 is 24.2 Å². The number of hydrogen-bond acceptors (Lipinski definition) is 6. The number of ether oxygens (including phenoxy) is 2. The number of halogens is 1. The van der Waals surface area contributed by atoms with E-state index in [1.54, 1.807) is 14.2 Å². The number of carbonyl (C=O) groups excluding carboxylic acids is 1. The van der Waals surface area contributed by atoms with Crippen molar-refractivity contribution in [1.82, 2.24) is 5.43 Å². The number of rotatable bonds is 6. The number of methoxy groups -OCH3 is 2. The van der Waals surface area contributed by atoms with Gasteiger partial charge in [-0.2, -0.15) is 5.10 Å². The predicted octanol–water partition coefficient (Wildman–Crippen LogP) is 6.02. The number of benzene rings is 2. The van der Waals surface area contributed by atoms with E-state index in [9.17, 15) is 4.79 Å². The molecule has 0 spiro atoms. The van der Waals surface area contributed by atoms with Gasteiger partial charge < -0.3 is 14.4 Å². The van der Waals surface area contributed by atoms with Crippen LogP contribution in [0.25, 0.3) is 0 Å². The first-order chi connectivity index (χ1) is 16.8. The number of nitrogens with zero attached hydrogens (tertiary/aromatic N) is 3. The van der Waals surface area contributed by atoms with Gasteiger partial charge in [-0.3, -0.25) is 9.79 Å². The van der Waals surface area contributed by atoms with E-state index in [0.29, 0.717) is 18.0 Å². The molecule has 1 N–H and O–H groups in total. The van der Waals surface area contributed by atoms with Crippen molar-refractivity contribution < 1.29 is 14.3 Å². The minimum Gasteiger partial charge on any atom is -0.493 e. The number of amides is 1. The van der Waals surface area contributed by atoms with Crippen LogP contribution in [0.2, 0.25) is 0 Å². The quantitative estimate of drug-likeness (QED) is 0.365. The van der Waals surface area contributed by atoms with E-state index in [0.717, 1.165) is 47.7 Å². The summed E-state index contributed by atoms with van der Waals surface area (Å²) >= 11 is 1.31. The third-order valence-electron chi connectivity index (χ3n) is 6.67. The van der Waals surface area contributed by atoms with E-state index in [1.165, 1.54) is 17.3 Å². The summed E-state index contributed by atoms with van der Waals surface area (Å²) in [5, 5.41) is 4.38. The van der Waals surface area contributed by atoms with Crippen LogP contribution < -0.4 is 19.8 Å². The lowest BCUT2D eigenvalue weighted by atomic mass is 9.76. The SMILES string of the molecule is CCN=C(c1ccc(OC)c(OC)c1)N1CCC(C)(C)c2cc(C3=NNC(=O)SC3CC)ccc21.Cl. The van der Waals surface area contributed by atoms with Crippen LogP contribution in [-0.4, -0.2) is 49.3 Å². The van der Waals surface area contributed by atoms with Gasteiger partial charge >= 0.3 is 0 Å². The molecule has 0 bridgehead atoms. The molecule has 2 aliphatic heterocycles. The molecular formula is C27H35ClN4O3S. The van der Waals surface area contributed by atoms with Crippen LogP contribution in [0.4, 0.5) is 10.5 Å². The molecule has 36 heavy (non-hydrogen) atoms. The van der Waals surface area contributed by atoms with Gasteiger partial charge in [-0.1, -0.05) is 38.6 Å². The highest BCUT2D eigenvalue weighted by Crippen LogP contribution is 2.42. The lowest BCUT2D eigenvalue weighted by Gasteiger charge is -2.41. The fourth-order valence-electron chi connectivity index (χ4n) is 4.71. The number of aliphatic imine (C=N–C) groups is 1. The number of hydrogen-bond donors (Lipinski definition) is 1. The summed E-state index contributed by atoms with van der Waals surface area (Å²) in [6.07, 6.45) is 1.82. The summed E-state index contributed by atoms with van der Waals surface area (Å²) in [4.78, 5) is 19.1. The van der Waals surface area contributed by atoms with Crippen molar-refractivity contribution in [2.45, 2.75) is 51.2 Å². The first-order valence-electron chi connectivity index (χ1n) is 12.1. The molecule has 0 saturated carbocycles. The molecule has 1 unspecified atom stereocenters. The maximum absolute atomic E-state index is 11.9. The molecule has 1 amide bonds. The minimum absolute atomic E-state index is 0. The molecule has 2 heterocycles. The second kappa shape index (κ2) is 11.6. The molecule has 1 atom stereocenters. The van der Waals surface area contributed by atoms with Crippen LogP contribution in [-0.2, 0) is 5.41 Å². The monoisotopic (exact) mass is 530 g/mol. The average Bonchev–Trinajstić information content (AvgIpc) is 2.87. The molecular weight excluding hydrogens is 496 g/mol. The maximum Gasteiger partial charge on any atom is 0.299 e. The Balaban J connectivity index is 0.00000361. The fourth-order valence-corrected chi connectivity index (χ4v) is 5.54. The fraction of sp³-hybridized carbons (Fsp3) is 0.444. The summed E-state index contributed by atoms with van der Waals surface area (Å²) in [7, 11) is 3.29.